The Kier molecular flexibility index (Phi) is 5.61. The van der Waals surface area contributed by atoms with Crippen LogP contribution in [0.2, 0.25) is 0 Å². The number of hydrogen-bond donors (Lipinski definition) is 2. The molecule has 0 unspecified atom stereocenters. The number of para-hydroxylation sites is 1. The van der Waals surface area contributed by atoms with Crippen LogP contribution in [0.5, 0.6) is 11.5 Å². The fourth-order valence-electron chi connectivity index (χ4n) is 3.67. The van der Waals surface area contributed by atoms with Crippen LogP contribution in [0.15, 0.2) is 89.6 Å². The number of anilines is 3. The van der Waals surface area contributed by atoms with Gasteiger partial charge < -0.3 is 24.9 Å². The highest BCUT2D eigenvalue weighted by molar-refractivity contribution is 5.81. The van der Waals surface area contributed by atoms with Gasteiger partial charge in [-0.05, 0) is 36.4 Å². The average molecular weight is 454 g/mol. The summed E-state index contributed by atoms with van der Waals surface area (Å²) in [4.78, 5) is 9.33. The van der Waals surface area contributed by atoms with Crippen molar-refractivity contribution in [3.05, 3.63) is 85.2 Å². The summed E-state index contributed by atoms with van der Waals surface area (Å²) in [5, 5.41) is 3.45. The van der Waals surface area contributed by atoms with Crippen LogP contribution in [0, 0.1) is 0 Å². The molecule has 8 heteroatoms. The van der Waals surface area contributed by atoms with Crippen molar-refractivity contribution in [3.63, 3.8) is 0 Å². The molecule has 5 rings (SSSR count). The van der Waals surface area contributed by atoms with E-state index in [1.165, 1.54) is 0 Å². The van der Waals surface area contributed by atoms with E-state index in [0.717, 1.165) is 16.9 Å². The molecule has 0 saturated heterocycles. The molecule has 34 heavy (non-hydrogen) atoms. The van der Waals surface area contributed by atoms with E-state index in [0.29, 0.717) is 34.6 Å². The zero-order valence-corrected chi connectivity index (χ0v) is 18.7. The number of imidazole rings is 1. The summed E-state index contributed by atoms with van der Waals surface area (Å²) >= 11 is 0. The summed E-state index contributed by atoms with van der Waals surface area (Å²) < 4.78 is 18.7. The van der Waals surface area contributed by atoms with Gasteiger partial charge in [0.1, 0.15) is 29.3 Å². The smallest absolute Gasteiger partial charge is 0.229 e. The molecule has 0 amide bonds. The third kappa shape index (κ3) is 3.93. The molecule has 0 radical (unpaired) electrons. The fourth-order valence-corrected chi connectivity index (χ4v) is 3.67. The van der Waals surface area contributed by atoms with Crippen LogP contribution in [0.3, 0.4) is 0 Å². The average Bonchev–Trinajstić information content (AvgIpc) is 3.47. The van der Waals surface area contributed by atoms with Gasteiger partial charge in [0.05, 0.1) is 19.9 Å². The van der Waals surface area contributed by atoms with Gasteiger partial charge in [0, 0.05) is 17.3 Å². The van der Waals surface area contributed by atoms with E-state index in [9.17, 15) is 0 Å². The highest BCUT2D eigenvalue weighted by Gasteiger charge is 2.23. The van der Waals surface area contributed by atoms with Gasteiger partial charge >= 0.3 is 0 Å². The van der Waals surface area contributed by atoms with Gasteiger partial charge in [0.25, 0.3) is 0 Å². The van der Waals surface area contributed by atoms with Crippen LogP contribution in [-0.2, 0) is 0 Å². The lowest BCUT2D eigenvalue weighted by atomic mass is 10.2. The molecule has 0 aliphatic rings. The summed E-state index contributed by atoms with van der Waals surface area (Å²) in [5.74, 6) is 2.58. The van der Waals surface area contributed by atoms with Gasteiger partial charge in [-0.15, -0.1) is 0 Å². The van der Waals surface area contributed by atoms with E-state index < -0.39 is 0 Å². The molecule has 170 valence electrons. The Bertz CT molecular complexity index is 1410. The third-order valence-corrected chi connectivity index (χ3v) is 5.35. The number of nitrogens with one attached hydrogen (secondary N) is 1. The molecular formula is C26H23N5O3. The largest absolute Gasteiger partial charge is 0.497 e. The van der Waals surface area contributed by atoms with E-state index in [-0.39, 0.29) is 5.88 Å². The first-order valence-electron chi connectivity index (χ1n) is 10.6. The summed E-state index contributed by atoms with van der Waals surface area (Å²) in [7, 11) is 3.23. The predicted molar refractivity (Wildman–Crippen MR) is 132 cm³/mol. The first-order valence-corrected chi connectivity index (χ1v) is 10.6. The number of nitrogen functional groups attached to an aromatic ring is 1. The number of nitrogens with two attached hydrogens (primary N) is 1. The summed E-state index contributed by atoms with van der Waals surface area (Å²) in [6.45, 7) is 0. The SMILES string of the molecule is COc1ccc(-n2cnc(-c3nc(-c4ccccc4)oc3N)c2Nc2ccccc2)c(OC)c1. The van der Waals surface area contributed by atoms with Crippen LogP contribution in [0.25, 0.3) is 28.5 Å². The Labute approximate surface area is 196 Å². The zero-order chi connectivity index (χ0) is 23.5. The number of oxazole rings is 1. The Balaban J connectivity index is 1.66. The van der Waals surface area contributed by atoms with Crippen molar-refractivity contribution in [1.82, 2.24) is 14.5 Å². The van der Waals surface area contributed by atoms with Crippen molar-refractivity contribution in [2.24, 2.45) is 0 Å². The monoisotopic (exact) mass is 453 g/mol. The molecular weight excluding hydrogens is 430 g/mol. The second-order valence-electron chi connectivity index (χ2n) is 7.44. The molecule has 0 saturated carbocycles. The summed E-state index contributed by atoms with van der Waals surface area (Å²) in [6, 6.07) is 25.0. The quantitative estimate of drug-likeness (QED) is 0.334. The van der Waals surface area contributed by atoms with Crippen molar-refractivity contribution in [1.29, 1.82) is 0 Å². The minimum atomic E-state index is 0.182. The van der Waals surface area contributed by atoms with Crippen molar-refractivity contribution < 1.29 is 13.9 Å². The number of aromatic nitrogens is 3. The van der Waals surface area contributed by atoms with Gasteiger partial charge in [-0.2, -0.15) is 0 Å². The number of ether oxygens (including phenoxy) is 2. The van der Waals surface area contributed by atoms with Crippen molar-refractivity contribution in [2.45, 2.75) is 0 Å². The molecule has 3 aromatic carbocycles. The lowest BCUT2D eigenvalue weighted by molar-refractivity contribution is 0.393. The molecule has 5 aromatic rings. The zero-order valence-electron chi connectivity index (χ0n) is 18.7. The third-order valence-electron chi connectivity index (χ3n) is 5.35. The molecule has 8 nitrogen and oxygen atoms in total. The second-order valence-corrected chi connectivity index (χ2v) is 7.44. The number of hydrogen-bond acceptors (Lipinski definition) is 7. The minimum absolute atomic E-state index is 0.182. The Hall–Kier alpha value is -4.72. The standard InChI is InChI=1S/C26H23N5O3/c1-32-19-13-14-20(21(15-19)33-2)31-16-28-23(25(31)29-18-11-7-4-8-12-18)22-24(27)34-26(30-22)17-9-5-3-6-10-17/h3-16,29H,27H2,1-2H3. The molecule has 0 spiro atoms. The van der Waals surface area contributed by atoms with E-state index in [2.05, 4.69) is 15.3 Å². The first kappa shape index (κ1) is 21.1. The van der Waals surface area contributed by atoms with Crippen LogP contribution in [0.1, 0.15) is 0 Å². The normalized spacial score (nSPS) is 10.8. The van der Waals surface area contributed by atoms with E-state index in [4.69, 9.17) is 19.6 Å². The number of methoxy groups -OCH3 is 2. The molecule has 0 aliphatic heterocycles. The number of benzene rings is 3. The summed E-state index contributed by atoms with van der Waals surface area (Å²) in [6.07, 6.45) is 1.70. The van der Waals surface area contributed by atoms with Crippen molar-refractivity contribution in [2.75, 3.05) is 25.3 Å². The van der Waals surface area contributed by atoms with Crippen LogP contribution < -0.4 is 20.5 Å². The van der Waals surface area contributed by atoms with Gasteiger partial charge in [-0.3, -0.25) is 4.57 Å². The molecule has 0 atom stereocenters. The molecule has 0 bridgehead atoms. The van der Waals surface area contributed by atoms with Crippen molar-refractivity contribution in [3.8, 4) is 40.0 Å². The van der Waals surface area contributed by atoms with Crippen LogP contribution in [-0.4, -0.2) is 28.8 Å². The van der Waals surface area contributed by atoms with Gasteiger partial charge in [0.15, 0.2) is 5.69 Å². The molecule has 3 N–H and O–H groups in total. The molecule has 2 aromatic heterocycles. The topological polar surface area (TPSA) is 100 Å². The predicted octanol–water partition coefficient (Wildman–Crippen LogP) is 5.54. The van der Waals surface area contributed by atoms with Crippen LogP contribution in [0.4, 0.5) is 17.4 Å². The van der Waals surface area contributed by atoms with E-state index in [1.54, 1.807) is 20.5 Å². The Morgan fingerprint density at radius 2 is 1.62 bits per heavy atom. The Morgan fingerprint density at radius 3 is 2.32 bits per heavy atom. The van der Waals surface area contributed by atoms with Gasteiger partial charge in [0.2, 0.25) is 11.8 Å². The Morgan fingerprint density at radius 1 is 0.882 bits per heavy atom. The molecule has 0 fully saturated rings. The van der Waals surface area contributed by atoms with Crippen LogP contribution >= 0.6 is 0 Å². The van der Waals surface area contributed by atoms with Gasteiger partial charge in [-0.1, -0.05) is 36.4 Å². The molecule has 2 heterocycles. The summed E-state index contributed by atoms with van der Waals surface area (Å²) in [5.41, 5.74) is 9.74. The molecule has 0 aliphatic carbocycles. The number of nitrogens with zero attached hydrogens (tertiary/aromatic N) is 3. The number of rotatable bonds is 7. The van der Waals surface area contributed by atoms with Gasteiger partial charge in [-0.25, -0.2) is 9.97 Å². The minimum Gasteiger partial charge on any atom is -0.497 e. The lowest BCUT2D eigenvalue weighted by Crippen LogP contribution is -2.03. The fraction of sp³-hybridized carbons (Fsp3) is 0.0769. The highest BCUT2D eigenvalue weighted by Crippen LogP contribution is 2.38. The maximum Gasteiger partial charge on any atom is 0.229 e. The highest BCUT2D eigenvalue weighted by atomic mass is 16.5. The van der Waals surface area contributed by atoms with E-state index >= 15 is 0 Å². The van der Waals surface area contributed by atoms with Crippen molar-refractivity contribution >= 4 is 17.4 Å². The maximum absolute atomic E-state index is 6.27. The maximum atomic E-state index is 6.27. The lowest BCUT2D eigenvalue weighted by Gasteiger charge is -2.15. The first-order chi connectivity index (χ1) is 16.7. The van der Waals surface area contributed by atoms with E-state index in [1.807, 2.05) is 83.4 Å². The second kappa shape index (κ2) is 9.03.